The van der Waals surface area contributed by atoms with E-state index in [0.717, 1.165) is 5.69 Å². The fourth-order valence-electron chi connectivity index (χ4n) is 2.53. The van der Waals surface area contributed by atoms with Crippen molar-refractivity contribution in [3.8, 4) is 0 Å². The normalized spacial score (nSPS) is 17.9. The average molecular weight is 319 g/mol. The number of anilines is 1. The van der Waals surface area contributed by atoms with Crippen molar-refractivity contribution >= 4 is 23.4 Å². The van der Waals surface area contributed by atoms with Gasteiger partial charge in [-0.3, -0.25) is 14.4 Å². The second kappa shape index (κ2) is 6.78. The molecule has 1 heterocycles. The lowest BCUT2D eigenvalue weighted by atomic mass is 10.1. The number of aliphatic hydroxyl groups excluding tert-OH is 1. The number of hydrogen-bond acceptors (Lipinski definition) is 4. The van der Waals surface area contributed by atoms with Gasteiger partial charge in [0.2, 0.25) is 0 Å². The second-order valence-electron chi connectivity index (χ2n) is 5.83. The van der Waals surface area contributed by atoms with Gasteiger partial charge in [0.15, 0.2) is 0 Å². The third-order valence-corrected chi connectivity index (χ3v) is 3.55. The number of fused-ring (bicyclic) bond motifs is 1. The van der Waals surface area contributed by atoms with Gasteiger partial charge in [-0.15, -0.1) is 0 Å². The maximum Gasteiger partial charge on any atom is 0.310 e. The minimum atomic E-state index is -0.899. The Morgan fingerprint density at radius 3 is 2.48 bits per heavy atom. The van der Waals surface area contributed by atoms with E-state index >= 15 is 0 Å². The predicted octanol–water partition coefficient (Wildman–Crippen LogP) is 0.0959. The van der Waals surface area contributed by atoms with Crippen LogP contribution in [0, 0.1) is 0 Å². The molecule has 7 heteroatoms. The van der Waals surface area contributed by atoms with Crippen LogP contribution in [0.5, 0.6) is 0 Å². The van der Waals surface area contributed by atoms with E-state index in [0.29, 0.717) is 5.56 Å². The molecule has 23 heavy (non-hydrogen) atoms. The van der Waals surface area contributed by atoms with Gasteiger partial charge in [0, 0.05) is 23.8 Å². The first-order valence-corrected chi connectivity index (χ1v) is 7.51. The molecule has 3 amide bonds. The van der Waals surface area contributed by atoms with Crippen LogP contribution >= 0.6 is 0 Å². The van der Waals surface area contributed by atoms with Crippen molar-refractivity contribution in [2.24, 2.45) is 0 Å². The van der Waals surface area contributed by atoms with Crippen molar-refractivity contribution in [2.75, 3.05) is 11.4 Å². The summed E-state index contributed by atoms with van der Waals surface area (Å²) >= 11 is 0. The van der Waals surface area contributed by atoms with Crippen LogP contribution in [-0.4, -0.2) is 41.5 Å². The lowest BCUT2D eigenvalue weighted by Crippen LogP contribution is -2.46. The van der Waals surface area contributed by atoms with E-state index in [1.165, 1.54) is 6.92 Å². The molecule has 0 fully saturated rings. The van der Waals surface area contributed by atoms with Gasteiger partial charge in [0.05, 0.1) is 6.10 Å². The van der Waals surface area contributed by atoms with Crippen LogP contribution < -0.4 is 15.5 Å². The largest absolute Gasteiger partial charge is 0.392 e. The number of rotatable bonds is 4. The highest BCUT2D eigenvalue weighted by molar-refractivity contribution is 6.35. The number of para-hydroxylation sites is 1. The molecule has 0 radical (unpaired) electrons. The van der Waals surface area contributed by atoms with Gasteiger partial charge < -0.3 is 20.6 Å². The van der Waals surface area contributed by atoms with E-state index < -0.39 is 24.0 Å². The summed E-state index contributed by atoms with van der Waals surface area (Å²) < 4.78 is 0. The summed E-state index contributed by atoms with van der Waals surface area (Å²) in [6, 6.07) is 6.23. The average Bonchev–Trinajstić information content (AvgIpc) is 2.77. The van der Waals surface area contributed by atoms with Crippen LogP contribution in [-0.2, 0) is 14.4 Å². The molecule has 124 valence electrons. The molecule has 1 aromatic carbocycles. The van der Waals surface area contributed by atoms with Gasteiger partial charge in [0.25, 0.3) is 5.91 Å². The minimum Gasteiger partial charge on any atom is -0.392 e. The molecule has 0 aliphatic carbocycles. The maximum absolute atomic E-state index is 12.6. The first-order valence-electron chi connectivity index (χ1n) is 7.51. The van der Waals surface area contributed by atoms with Gasteiger partial charge in [-0.25, -0.2) is 0 Å². The summed E-state index contributed by atoms with van der Waals surface area (Å²) in [5, 5.41) is 13.9. The van der Waals surface area contributed by atoms with Crippen molar-refractivity contribution < 1.29 is 19.5 Å². The summed E-state index contributed by atoms with van der Waals surface area (Å²) in [6.07, 6.45) is -0.753. The fraction of sp³-hybridized carbons (Fsp3) is 0.438. The zero-order valence-corrected chi connectivity index (χ0v) is 13.4. The van der Waals surface area contributed by atoms with Crippen molar-refractivity contribution in [1.82, 2.24) is 10.6 Å². The Morgan fingerprint density at radius 2 is 1.87 bits per heavy atom. The molecule has 0 saturated carbocycles. The van der Waals surface area contributed by atoms with E-state index in [9.17, 15) is 14.4 Å². The van der Waals surface area contributed by atoms with Crippen LogP contribution in [0.25, 0.3) is 0 Å². The molecule has 1 unspecified atom stereocenters. The van der Waals surface area contributed by atoms with Crippen molar-refractivity contribution in [3.63, 3.8) is 0 Å². The third-order valence-electron chi connectivity index (χ3n) is 3.55. The molecule has 0 spiro atoms. The van der Waals surface area contributed by atoms with Gasteiger partial charge in [-0.2, -0.15) is 0 Å². The molecule has 0 bridgehead atoms. The standard InChI is InChI=1S/C16H21N3O4/c1-9(2)19-12-7-5-4-6-11(12)13(16(19)23)18-15(22)14(21)17-8-10(3)20/h4-7,9-10,13,20H,8H2,1-3H3,(H,17,21)(H,18,22)/t10-,13?/m1/s1. The maximum atomic E-state index is 12.6. The Labute approximate surface area is 134 Å². The number of amides is 3. The third kappa shape index (κ3) is 3.50. The molecule has 1 aliphatic rings. The van der Waals surface area contributed by atoms with Crippen LogP contribution in [0.1, 0.15) is 32.4 Å². The van der Waals surface area contributed by atoms with Crippen molar-refractivity contribution in [2.45, 2.75) is 39.0 Å². The smallest absolute Gasteiger partial charge is 0.310 e. The zero-order chi connectivity index (χ0) is 17.1. The van der Waals surface area contributed by atoms with Crippen LogP contribution in [0.2, 0.25) is 0 Å². The van der Waals surface area contributed by atoms with Gasteiger partial charge in [0.1, 0.15) is 6.04 Å². The highest BCUT2D eigenvalue weighted by Gasteiger charge is 2.39. The second-order valence-corrected chi connectivity index (χ2v) is 5.83. The Balaban J connectivity index is 2.15. The summed E-state index contributed by atoms with van der Waals surface area (Å²) in [5.74, 6) is -2.04. The molecule has 0 saturated heterocycles. The number of carbonyl (C=O) groups is 3. The Morgan fingerprint density at radius 1 is 1.22 bits per heavy atom. The van der Waals surface area contributed by atoms with Crippen molar-refractivity contribution in [1.29, 1.82) is 0 Å². The molecule has 2 rings (SSSR count). The van der Waals surface area contributed by atoms with E-state index in [2.05, 4.69) is 10.6 Å². The van der Waals surface area contributed by atoms with Crippen LogP contribution in [0.15, 0.2) is 24.3 Å². The molecular weight excluding hydrogens is 298 g/mol. The van der Waals surface area contributed by atoms with E-state index in [1.807, 2.05) is 26.0 Å². The van der Waals surface area contributed by atoms with E-state index in [4.69, 9.17) is 5.11 Å². The Hall–Kier alpha value is -2.41. The van der Waals surface area contributed by atoms with Crippen LogP contribution in [0.4, 0.5) is 5.69 Å². The lowest BCUT2D eigenvalue weighted by Gasteiger charge is -2.22. The monoisotopic (exact) mass is 319 g/mol. The van der Waals surface area contributed by atoms with Gasteiger partial charge in [-0.1, -0.05) is 18.2 Å². The molecule has 1 aromatic rings. The first kappa shape index (κ1) is 17.0. The summed E-state index contributed by atoms with van der Waals surface area (Å²) in [6.45, 7) is 5.23. The molecule has 7 nitrogen and oxygen atoms in total. The van der Waals surface area contributed by atoms with Crippen LogP contribution in [0.3, 0.4) is 0 Å². The topological polar surface area (TPSA) is 98.7 Å². The van der Waals surface area contributed by atoms with Crippen molar-refractivity contribution in [3.05, 3.63) is 29.8 Å². The molecular formula is C16H21N3O4. The first-order chi connectivity index (χ1) is 10.8. The summed E-state index contributed by atoms with van der Waals surface area (Å²) in [4.78, 5) is 37.9. The number of benzene rings is 1. The Kier molecular flexibility index (Phi) is 5.00. The number of carbonyl (C=O) groups excluding carboxylic acids is 3. The minimum absolute atomic E-state index is 0.0282. The van der Waals surface area contributed by atoms with Gasteiger partial charge in [-0.05, 0) is 26.8 Å². The lowest BCUT2D eigenvalue weighted by molar-refractivity contribution is -0.140. The quantitative estimate of drug-likeness (QED) is 0.685. The van der Waals surface area contributed by atoms with E-state index in [-0.39, 0.29) is 18.5 Å². The number of nitrogens with zero attached hydrogens (tertiary/aromatic N) is 1. The Bertz CT molecular complexity index is 628. The molecule has 0 aromatic heterocycles. The number of aliphatic hydroxyl groups is 1. The molecule has 3 N–H and O–H groups in total. The SMILES string of the molecule is CC(C)N1C(=O)C(NC(=O)C(=O)NC[C@@H](C)O)c2ccccc21. The van der Waals surface area contributed by atoms with E-state index in [1.54, 1.807) is 17.0 Å². The number of nitrogens with one attached hydrogen (secondary N) is 2. The summed E-state index contributed by atoms with van der Waals surface area (Å²) in [7, 11) is 0. The zero-order valence-electron chi connectivity index (χ0n) is 13.4. The highest BCUT2D eigenvalue weighted by atomic mass is 16.3. The predicted molar refractivity (Wildman–Crippen MR) is 84.6 cm³/mol. The molecule has 1 aliphatic heterocycles. The molecule has 2 atom stereocenters. The fourth-order valence-corrected chi connectivity index (χ4v) is 2.53. The highest BCUT2D eigenvalue weighted by Crippen LogP contribution is 2.36. The summed E-state index contributed by atoms with van der Waals surface area (Å²) in [5.41, 5.74) is 1.41. The van der Waals surface area contributed by atoms with Gasteiger partial charge >= 0.3 is 11.8 Å². The number of hydrogen-bond donors (Lipinski definition) is 3.